The van der Waals surface area contributed by atoms with Gasteiger partial charge in [-0.2, -0.15) is 0 Å². The Morgan fingerprint density at radius 2 is 1.94 bits per heavy atom. The highest BCUT2D eigenvalue weighted by Crippen LogP contribution is 2.16. The summed E-state index contributed by atoms with van der Waals surface area (Å²) in [5, 5.41) is 2.88. The Hall–Kier alpha value is -1.49. The average molecular weight is 228 g/mol. The van der Waals surface area contributed by atoms with Gasteiger partial charge in [-0.1, -0.05) is 6.07 Å². The molecule has 0 heterocycles. The molecule has 3 nitrogen and oxygen atoms in total. The van der Waals surface area contributed by atoms with Gasteiger partial charge in [-0.25, -0.2) is 8.78 Å². The number of carbonyl (C=O) groups is 1. The lowest BCUT2D eigenvalue weighted by Crippen LogP contribution is -2.40. The van der Waals surface area contributed by atoms with Crippen LogP contribution < -0.4 is 11.1 Å². The van der Waals surface area contributed by atoms with Crippen molar-refractivity contribution in [2.45, 2.75) is 25.9 Å². The van der Waals surface area contributed by atoms with Crippen molar-refractivity contribution in [2.75, 3.05) is 0 Å². The van der Waals surface area contributed by atoms with E-state index in [1.54, 1.807) is 13.8 Å². The highest BCUT2D eigenvalue weighted by molar-refractivity contribution is 5.79. The topological polar surface area (TPSA) is 55.1 Å². The Balaban J connectivity index is 2.76. The van der Waals surface area contributed by atoms with Gasteiger partial charge in [0.05, 0.1) is 6.04 Å². The van der Waals surface area contributed by atoms with E-state index in [0.29, 0.717) is 5.56 Å². The second-order valence-corrected chi connectivity index (χ2v) is 3.69. The first-order valence-electron chi connectivity index (χ1n) is 4.92. The van der Waals surface area contributed by atoms with E-state index < -0.39 is 23.6 Å². The molecule has 0 saturated carbocycles. The fraction of sp³-hybridized carbons (Fsp3) is 0.364. The third kappa shape index (κ3) is 3.00. The molecule has 0 aliphatic rings. The molecule has 3 N–H and O–H groups in total. The van der Waals surface area contributed by atoms with Gasteiger partial charge in [-0.05, 0) is 31.5 Å². The lowest BCUT2D eigenvalue weighted by atomic mass is 10.1. The van der Waals surface area contributed by atoms with Crippen molar-refractivity contribution in [2.24, 2.45) is 5.73 Å². The Kier molecular flexibility index (Phi) is 3.95. The molecule has 2 atom stereocenters. The van der Waals surface area contributed by atoms with Gasteiger partial charge in [-0.15, -0.1) is 0 Å². The number of nitrogens with two attached hydrogens (primary N) is 1. The number of hydrogen-bond acceptors (Lipinski definition) is 2. The van der Waals surface area contributed by atoms with Crippen LogP contribution in [0.5, 0.6) is 0 Å². The molecule has 0 aliphatic heterocycles. The summed E-state index contributed by atoms with van der Waals surface area (Å²) in [5.74, 6) is -2.29. The van der Waals surface area contributed by atoms with E-state index in [0.717, 1.165) is 12.1 Å². The predicted molar refractivity (Wildman–Crippen MR) is 56.6 cm³/mol. The molecule has 0 saturated heterocycles. The minimum Gasteiger partial charge on any atom is -0.368 e. The summed E-state index contributed by atoms with van der Waals surface area (Å²) in [4.78, 5) is 10.8. The molecule has 1 aromatic carbocycles. The predicted octanol–water partition coefficient (Wildman–Crippen LogP) is 1.49. The van der Waals surface area contributed by atoms with Crippen molar-refractivity contribution in [3.63, 3.8) is 0 Å². The van der Waals surface area contributed by atoms with Crippen LogP contribution in [-0.4, -0.2) is 11.9 Å². The number of rotatable bonds is 4. The van der Waals surface area contributed by atoms with Gasteiger partial charge in [0.15, 0.2) is 11.6 Å². The van der Waals surface area contributed by atoms with E-state index in [-0.39, 0.29) is 6.04 Å². The molecule has 88 valence electrons. The van der Waals surface area contributed by atoms with Gasteiger partial charge in [0.1, 0.15) is 0 Å². The highest BCUT2D eigenvalue weighted by atomic mass is 19.2. The van der Waals surface area contributed by atoms with E-state index in [1.165, 1.54) is 6.07 Å². The molecule has 0 radical (unpaired) electrons. The Labute approximate surface area is 92.6 Å². The summed E-state index contributed by atoms with van der Waals surface area (Å²) in [6.45, 7) is 3.35. The Morgan fingerprint density at radius 3 is 2.44 bits per heavy atom. The van der Waals surface area contributed by atoms with E-state index in [2.05, 4.69) is 5.32 Å². The number of hydrogen-bond donors (Lipinski definition) is 2. The molecule has 0 fully saturated rings. The van der Waals surface area contributed by atoms with Crippen molar-refractivity contribution in [3.8, 4) is 0 Å². The van der Waals surface area contributed by atoms with Crippen LogP contribution in [0.25, 0.3) is 0 Å². The van der Waals surface area contributed by atoms with E-state index in [9.17, 15) is 13.6 Å². The van der Waals surface area contributed by atoms with Gasteiger partial charge < -0.3 is 5.73 Å². The number of nitrogens with one attached hydrogen (secondary N) is 1. The molecule has 5 heteroatoms. The first kappa shape index (κ1) is 12.6. The van der Waals surface area contributed by atoms with Crippen molar-refractivity contribution in [1.29, 1.82) is 0 Å². The summed E-state index contributed by atoms with van der Waals surface area (Å²) in [6, 6.07) is 2.81. The van der Waals surface area contributed by atoms with Crippen LogP contribution >= 0.6 is 0 Å². The second kappa shape index (κ2) is 5.03. The van der Waals surface area contributed by atoms with E-state index >= 15 is 0 Å². The Morgan fingerprint density at radius 1 is 1.31 bits per heavy atom. The van der Waals surface area contributed by atoms with Crippen LogP contribution in [0.4, 0.5) is 8.78 Å². The zero-order valence-corrected chi connectivity index (χ0v) is 9.13. The number of benzene rings is 1. The third-order valence-corrected chi connectivity index (χ3v) is 2.37. The monoisotopic (exact) mass is 228 g/mol. The maximum absolute atomic E-state index is 12.9. The van der Waals surface area contributed by atoms with Gasteiger partial charge in [-0.3, -0.25) is 10.1 Å². The summed E-state index contributed by atoms with van der Waals surface area (Å²) in [6.07, 6.45) is 0. The second-order valence-electron chi connectivity index (χ2n) is 3.69. The molecule has 1 amide bonds. The molecule has 0 unspecified atom stereocenters. The van der Waals surface area contributed by atoms with Crippen molar-refractivity contribution >= 4 is 5.91 Å². The first-order chi connectivity index (χ1) is 7.41. The summed E-state index contributed by atoms with van der Waals surface area (Å²) in [7, 11) is 0. The lowest BCUT2D eigenvalue weighted by molar-refractivity contribution is -0.119. The number of carbonyl (C=O) groups excluding carboxylic acids is 1. The van der Waals surface area contributed by atoms with Crippen LogP contribution in [0.3, 0.4) is 0 Å². The van der Waals surface area contributed by atoms with Crippen LogP contribution in [0.1, 0.15) is 25.5 Å². The van der Waals surface area contributed by atoms with Crippen LogP contribution in [0, 0.1) is 11.6 Å². The molecule has 0 aromatic heterocycles. The molecular weight excluding hydrogens is 214 g/mol. The number of halogens is 2. The molecule has 0 bridgehead atoms. The highest BCUT2D eigenvalue weighted by Gasteiger charge is 2.14. The van der Waals surface area contributed by atoms with Gasteiger partial charge >= 0.3 is 0 Å². The van der Waals surface area contributed by atoms with Gasteiger partial charge in [0, 0.05) is 6.04 Å². The average Bonchev–Trinajstić information content (AvgIpc) is 2.21. The minimum absolute atomic E-state index is 0.280. The number of primary amides is 1. The molecule has 1 aromatic rings. The standard InChI is InChI=1S/C11H14F2N2O/c1-6(15-7(2)11(14)16)8-3-4-9(12)10(13)5-8/h3-7,15H,1-2H3,(H2,14,16)/t6-,7+/m0/s1. The van der Waals surface area contributed by atoms with Crippen molar-refractivity contribution < 1.29 is 13.6 Å². The SMILES string of the molecule is C[C@H](N[C@H](C)C(N)=O)c1ccc(F)c(F)c1. The maximum Gasteiger partial charge on any atom is 0.234 e. The van der Waals surface area contributed by atoms with Gasteiger partial charge in [0.2, 0.25) is 5.91 Å². The largest absolute Gasteiger partial charge is 0.368 e. The van der Waals surface area contributed by atoms with E-state index in [1.807, 2.05) is 0 Å². The summed E-state index contributed by atoms with van der Waals surface area (Å²) in [5.41, 5.74) is 5.64. The zero-order chi connectivity index (χ0) is 12.3. The molecule has 0 spiro atoms. The lowest BCUT2D eigenvalue weighted by Gasteiger charge is -2.18. The summed E-state index contributed by atoms with van der Waals surface area (Å²) < 4.78 is 25.6. The first-order valence-corrected chi connectivity index (χ1v) is 4.92. The minimum atomic E-state index is -0.905. The normalized spacial score (nSPS) is 14.5. The fourth-order valence-electron chi connectivity index (χ4n) is 1.34. The molecule has 0 aliphatic carbocycles. The molecule has 1 rings (SSSR count). The van der Waals surface area contributed by atoms with E-state index in [4.69, 9.17) is 5.73 Å². The zero-order valence-electron chi connectivity index (χ0n) is 9.13. The molecule has 16 heavy (non-hydrogen) atoms. The van der Waals surface area contributed by atoms with Crippen molar-refractivity contribution in [3.05, 3.63) is 35.4 Å². The fourth-order valence-corrected chi connectivity index (χ4v) is 1.34. The third-order valence-electron chi connectivity index (χ3n) is 2.37. The van der Waals surface area contributed by atoms with Gasteiger partial charge in [0.25, 0.3) is 0 Å². The number of amides is 1. The quantitative estimate of drug-likeness (QED) is 0.820. The summed E-state index contributed by atoms with van der Waals surface area (Å²) >= 11 is 0. The van der Waals surface area contributed by atoms with Crippen molar-refractivity contribution in [1.82, 2.24) is 5.32 Å². The smallest absolute Gasteiger partial charge is 0.234 e. The van der Waals surface area contributed by atoms with Crippen LogP contribution in [0.15, 0.2) is 18.2 Å². The maximum atomic E-state index is 12.9. The van der Waals surface area contributed by atoms with Crippen LogP contribution in [-0.2, 0) is 4.79 Å². The van der Waals surface area contributed by atoms with Crippen LogP contribution in [0.2, 0.25) is 0 Å². The Bertz CT molecular complexity index is 396. The molecular formula is C11H14F2N2O.